The topological polar surface area (TPSA) is 3.24 Å². The zero-order valence-electron chi connectivity index (χ0n) is 44.5. The fourth-order valence-electron chi connectivity index (χ4n) is 15.2. The Balaban J connectivity index is 1.23. The Hall–Kier alpha value is -5.08. The van der Waals surface area contributed by atoms with Gasteiger partial charge in [0, 0.05) is 28.1 Å². The molecule has 3 aliphatic carbocycles. The lowest BCUT2D eigenvalue weighted by Crippen LogP contribution is -2.62. The summed E-state index contributed by atoms with van der Waals surface area (Å²) < 4.78 is 0. The highest BCUT2D eigenvalue weighted by Crippen LogP contribution is 2.65. The molecule has 0 aromatic heterocycles. The van der Waals surface area contributed by atoms with Crippen LogP contribution in [0.1, 0.15) is 191 Å². The molecule has 6 aromatic carbocycles. The van der Waals surface area contributed by atoms with Gasteiger partial charge in [0.25, 0.3) is 0 Å². The molecule has 12 rings (SSSR count). The molecule has 1 nitrogen and oxygen atoms in total. The summed E-state index contributed by atoms with van der Waals surface area (Å²) in [5, 5.41) is 0. The zero-order valence-corrected chi connectivity index (χ0v) is 44.5. The van der Waals surface area contributed by atoms with E-state index < -0.39 is 0 Å². The molecule has 0 amide bonds. The van der Waals surface area contributed by atoms with E-state index in [0.29, 0.717) is 0 Å². The lowest BCUT2D eigenvalue weighted by atomic mass is 9.28. The van der Waals surface area contributed by atoms with E-state index in [9.17, 15) is 0 Å². The van der Waals surface area contributed by atoms with Crippen LogP contribution in [0.3, 0.4) is 0 Å². The van der Waals surface area contributed by atoms with Crippen molar-refractivity contribution in [2.45, 2.75) is 186 Å². The molecule has 3 unspecified atom stereocenters. The van der Waals surface area contributed by atoms with Crippen LogP contribution in [0.4, 0.5) is 11.4 Å². The first-order valence-electron chi connectivity index (χ1n) is 26.8. The molecule has 0 radical (unpaired) electrons. The van der Waals surface area contributed by atoms with Crippen LogP contribution in [0.2, 0.25) is 0 Å². The van der Waals surface area contributed by atoms with Crippen molar-refractivity contribution in [3.05, 3.63) is 171 Å². The summed E-state index contributed by atoms with van der Waals surface area (Å²) in [6, 6.07) is 46.4. The van der Waals surface area contributed by atoms with Crippen LogP contribution in [0.5, 0.6) is 0 Å². The van der Waals surface area contributed by atoms with Gasteiger partial charge >= 0.3 is 0 Å². The summed E-state index contributed by atoms with van der Waals surface area (Å²) in [4.78, 5) is 2.97. The van der Waals surface area contributed by atoms with Gasteiger partial charge < -0.3 is 4.90 Å². The number of allylic oxidation sites excluding steroid dienone is 2. The molecular weight excluding hydrogens is 830 g/mol. The van der Waals surface area contributed by atoms with E-state index in [1.807, 2.05) is 0 Å². The van der Waals surface area contributed by atoms with Crippen molar-refractivity contribution in [2.24, 2.45) is 0 Å². The van der Waals surface area contributed by atoms with E-state index in [1.54, 1.807) is 44.2 Å². The van der Waals surface area contributed by atoms with Crippen molar-refractivity contribution in [1.29, 1.82) is 0 Å². The van der Waals surface area contributed by atoms with Gasteiger partial charge in [-0.2, -0.15) is 0 Å². The average molecular weight is 906 g/mol. The summed E-state index contributed by atoms with van der Waals surface area (Å²) in [6.07, 6.45) is 8.34. The molecule has 6 aliphatic rings. The Labute approximate surface area is 416 Å². The zero-order chi connectivity index (χ0) is 48.6. The third-order valence-electron chi connectivity index (χ3n) is 19.6. The second kappa shape index (κ2) is 14.5. The summed E-state index contributed by atoms with van der Waals surface area (Å²) >= 11 is 0. The molecule has 69 heavy (non-hydrogen) atoms. The highest BCUT2D eigenvalue weighted by molar-refractivity contribution is 6.95. The van der Waals surface area contributed by atoms with Crippen molar-refractivity contribution in [1.82, 2.24) is 0 Å². The molecule has 1 fully saturated rings. The van der Waals surface area contributed by atoms with E-state index in [0.717, 1.165) is 6.42 Å². The Bertz CT molecular complexity index is 3160. The second-order valence-electron chi connectivity index (χ2n) is 27.1. The van der Waals surface area contributed by atoms with Crippen LogP contribution in [0.25, 0.3) is 27.8 Å². The van der Waals surface area contributed by atoms with Gasteiger partial charge in [0.15, 0.2) is 0 Å². The van der Waals surface area contributed by atoms with Crippen molar-refractivity contribution in [2.75, 3.05) is 4.90 Å². The highest BCUT2D eigenvalue weighted by atomic mass is 15.3. The molecule has 3 heterocycles. The third-order valence-corrected chi connectivity index (χ3v) is 19.6. The summed E-state index contributed by atoms with van der Waals surface area (Å²) in [6.45, 7) is 35.2. The fraction of sp³-hybridized carbons (Fsp3) is 0.433. The van der Waals surface area contributed by atoms with E-state index in [-0.39, 0.29) is 50.7 Å². The molecule has 0 saturated heterocycles. The van der Waals surface area contributed by atoms with E-state index in [4.69, 9.17) is 0 Å². The maximum absolute atomic E-state index is 2.97. The molecular formula is C67H76BN. The van der Waals surface area contributed by atoms with Gasteiger partial charge in [-0.15, -0.1) is 0 Å². The number of hydrogen-bond acceptors (Lipinski definition) is 1. The normalized spacial score (nSPS) is 24.3. The molecule has 352 valence electrons. The summed E-state index contributed by atoms with van der Waals surface area (Å²) in [7, 11) is 0. The largest absolute Gasteiger partial charge is 0.335 e. The molecule has 0 spiro atoms. The molecule has 6 aromatic rings. The van der Waals surface area contributed by atoms with Crippen LogP contribution in [-0.2, 0) is 38.9 Å². The molecule has 2 heteroatoms. The van der Waals surface area contributed by atoms with Gasteiger partial charge in [0.2, 0.25) is 6.71 Å². The highest BCUT2D eigenvalue weighted by Gasteiger charge is 2.63. The minimum absolute atomic E-state index is 0.00645. The van der Waals surface area contributed by atoms with Crippen LogP contribution in [0, 0.1) is 0 Å². The minimum atomic E-state index is -0.197. The lowest BCUT2D eigenvalue weighted by molar-refractivity contribution is 0.195. The molecule has 1 saturated carbocycles. The lowest BCUT2D eigenvalue weighted by Gasteiger charge is -2.53. The van der Waals surface area contributed by atoms with Crippen molar-refractivity contribution >= 4 is 34.6 Å². The molecule has 3 aliphatic heterocycles. The van der Waals surface area contributed by atoms with Crippen molar-refractivity contribution in [3.8, 4) is 22.3 Å². The van der Waals surface area contributed by atoms with E-state index in [1.165, 1.54) is 100.0 Å². The van der Waals surface area contributed by atoms with Crippen LogP contribution in [0.15, 0.2) is 121 Å². The quantitative estimate of drug-likeness (QED) is 0.159. The first-order chi connectivity index (χ1) is 32.5. The Kier molecular flexibility index (Phi) is 9.49. The average Bonchev–Trinajstić information content (AvgIpc) is 3.67. The first kappa shape index (κ1) is 45.1. The third kappa shape index (κ3) is 6.28. The van der Waals surface area contributed by atoms with Crippen LogP contribution >= 0.6 is 0 Å². The number of fused-ring (bicyclic) bond motifs is 9. The predicted molar refractivity (Wildman–Crippen MR) is 297 cm³/mol. The number of hydrogen-bond donors (Lipinski definition) is 0. The number of nitrogens with zero attached hydrogens (tertiary/aromatic N) is 1. The van der Waals surface area contributed by atoms with Crippen molar-refractivity contribution < 1.29 is 0 Å². The SMILES string of the molecule is CC(C)(C)c1ccc(CC2C3=C(B4c5cc(C(C)(C)C)cc6c5N(c5cc(-c7ccccc7)cc2c54)C2(C)CCCCC62C)C(C)(C)c2cc4c(cc23)C(C)(C)CCC4(C)C)c(-c2ccccc2)c1. The Morgan fingerprint density at radius 3 is 1.83 bits per heavy atom. The first-order valence-corrected chi connectivity index (χ1v) is 26.8. The van der Waals surface area contributed by atoms with Crippen molar-refractivity contribution in [3.63, 3.8) is 0 Å². The number of rotatable bonds is 4. The monoisotopic (exact) mass is 906 g/mol. The standard InChI is InChI=1S/C67H76BN/c1-61(2,3)45-28-27-43(47(36-45)42-25-19-16-20-26-42)33-48-49-34-44(41-23-17-15-18-24-41)35-56-58(49)68(55-38-46(62(4,5)6)37-54-59(55)69(56)67(14)30-22-21-29-66(54,67)13)60-57(48)50-39-52-53(40-51(50)65(60,11)12)64(9,10)32-31-63(52,7)8/h15-20,23-28,34-40,48H,21-22,29-33H2,1-14H3. The van der Waals surface area contributed by atoms with Gasteiger partial charge in [-0.3, -0.25) is 0 Å². The molecule has 0 bridgehead atoms. The van der Waals surface area contributed by atoms with Gasteiger partial charge in [-0.25, -0.2) is 0 Å². The second-order valence-corrected chi connectivity index (χ2v) is 27.1. The van der Waals surface area contributed by atoms with Crippen LogP contribution < -0.4 is 15.8 Å². The van der Waals surface area contributed by atoms with Gasteiger partial charge in [-0.05, 0) is 156 Å². The van der Waals surface area contributed by atoms with E-state index in [2.05, 4.69) is 217 Å². The Morgan fingerprint density at radius 2 is 1.17 bits per heavy atom. The van der Waals surface area contributed by atoms with Crippen LogP contribution in [-0.4, -0.2) is 12.3 Å². The predicted octanol–water partition coefficient (Wildman–Crippen LogP) is 16.3. The summed E-state index contributed by atoms with van der Waals surface area (Å²) in [5.74, 6) is 0.148. The summed E-state index contributed by atoms with van der Waals surface area (Å²) in [5.41, 5.74) is 28.5. The number of anilines is 2. The Morgan fingerprint density at radius 1 is 0.551 bits per heavy atom. The van der Waals surface area contributed by atoms with Gasteiger partial charge in [0.05, 0.1) is 5.54 Å². The van der Waals surface area contributed by atoms with Gasteiger partial charge in [0.1, 0.15) is 0 Å². The fourth-order valence-corrected chi connectivity index (χ4v) is 15.2. The smallest absolute Gasteiger partial charge is 0.244 e. The maximum Gasteiger partial charge on any atom is 0.244 e. The molecule has 3 atom stereocenters. The minimum Gasteiger partial charge on any atom is -0.335 e. The van der Waals surface area contributed by atoms with E-state index >= 15 is 0 Å². The van der Waals surface area contributed by atoms with Gasteiger partial charge in [-0.1, -0.05) is 218 Å². The number of benzene rings is 6. The molecule has 0 N–H and O–H groups in total. The maximum atomic E-state index is 2.97.